The average Bonchev–Trinajstić information content (AvgIpc) is 2.44. The molecule has 0 saturated carbocycles. The van der Waals surface area contributed by atoms with Gasteiger partial charge in [0.25, 0.3) is 0 Å². The Bertz CT molecular complexity index is 456. The number of ketones is 1. The van der Waals surface area contributed by atoms with Crippen LogP contribution in [0.15, 0.2) is 18.2 Å². The molecule has 1 saturated heterocycles. The summed E-state index contributed by atoms with van der Waals surface area (Å²) in [6.45, 7) is 5.74. The second-order valence-electron chi connectivity index (χ2n) is 5.30. The van der Waals surface area contributed by atoms with Crippen LogP contribution >= 0.6 is 11.6 Å². The maximum atomic E-state index is 11.3. The average molecular weight is 296 g/mol. The molecule has 4 heteroatoms. The van der Waals surface area contributed by atoms with Gasteiger partial charge in [0.2, 0.25) is 0 Å². The predicted octanol–water partition coefficient (Wildman–Crippen LogP) is 3.80. The molecular weight excluding hydrogens is 274 g/mol. The van der Waals surface area contributed by atoms with Crippen molar-refractivity contribution < 1.29 is 9.53 Å². The van der Waals surface area contributed by atoms with Crippen LogP contribution in [0.25, 0.3) is 0 Å². The normalized spacial score (nSPS) is 16.1. The number of ether oxygens (including phenoxy) is 1. The first-order chi connectivity index (χ1) is 9.66. The van der Waals surface area contributed by atoms with Crippen molar-refractivity contribution >= 4 is 17.4 Å². The third-order valence-electron chi connectivity index (χ3n) is 3.66. The van der Waals surface area contributed by atoms with Gasteiger partial charge in [0.05, 0.1) is 11.6 Å². The lowest BCUT2D eigenvalue weighted by Gasteiger charge is -2.26. The van der Waals surface area contributed by atoms with Crippen LogP contribution in [-0.2, 0) is 0 Å². The molecule has 0 unspecified atom stereocenters. The molecule has 1 heterocycles. The minimum Gasteiger partial charge on any atom is -0.493 e. The molecule has 1 aromatic rings. The number of hydrogen-bond donors (Lipinski definition) is 0. The van der Waals surface area contributed by atoms with E-state index in [1.54, 1.807) is 12.1 Å². The summed E-state index contributed by atoms with van der Waals surface area (Å²) in [5, 5.41) is 0.464. The Labute approximate surface area is 125 Å². The summed E-state index contributed by atoms with van der Waals surface area (Å²) in [5.41, 5.74) is 0.548. The molecule has 0 aliphatic carbocycles. The number of likely N-dealkylation sites (tertiary alicyclic amines) is 1. The van der Waals surface area contributed by atoms with Crippen molar-refractivity contribution in [2.75, 3.05) is 26.2 Å². The minimum absolute atomic E-state index is 0.0216. The van der Waals surface area contributed by atoms with Crippen molar-refractivity contribution in [1.29, 1.82) is 0 Å². The van der Waals surface area contributed by atoms with Crippen molar-refractivity contribution in [2.45, 2.75) is 32.6 Å². The van der Waals surface area contributed by atoms with E-state index in [1.807, 2.05) is 6.07 Å². The van der Waals surface area contributed by atoms with Crippen molar-refractivity contribution in [3.63, 3.8) is 0 Å². The Balaban J connectivity index is 1.73. The predicted molar refractivity (Wildman–Crippen MR) is 81.9 cm³/mol. The van der Waals surface area contributed by atoms with Crippen molar-refractivity contribution in [3.05, 3.63) is 28.8 Å². The molecular formula is C16H22ClNO2. The van der Waals surface area contributed by atoms with E-state index in [-0.39, 0.29) is 5.78 Å². The first-order valence-corrected chi connectivity index (χ1v) is 7.70. The quantitative estimate of drug-likeness (QED) is 0.590. The van der Waals surface area contributed by atoms with Crippen molar-refractivity contribution in [3.8, 4) is 5.75 Å². The van der Waals surface area contributed by atoms with Crippen LogP contribution < -0.4 is 4.74 Å². The number of benzene rings is 1. The summed E-state index contributed by atoms with van der Waals surface area (Å²) in [4.78, 5) is 13.8. The number of halogens is 1. The molecule has 110 valence electrons. The highest BCUT2D eigenvalue weighted by Gasteiger charge is 2.10. The van der Waals surface area contributed by atoms with E-state index in [9.17, 15) is 4.79 Å². The monoisotopic (exact) mass is 295 g/mol. The Morgan fingerprint density at radius 3 is 2.70 bits per heavy atom. The molecule has 1 aliphatic heterocycles. The van der Waals surface area contributed by atoms with Crippen LogP contribution in [0.2, 0.25) is 5.02 Å². The molecule has 1 aliphatic rings. The van der Waals surface area contributed by atoms with Gasteiger partial charge in [-0.15, -0.1) is 0 Å². The fourth-order valence-corrected chi connectivity index (χ4v) is 2.84. The van der Waals surface area contributed by atoms with Gasteiger partial charge in [-0.2, -0.15) is 0 Å². The van der Waals surface area contributed by atoms with Gasteiger partial charge >= 0.3 is 0 Å². The van der Waals surface area contributed by atoms with Gasteiger partial charge in [-0.1, -0.05) is 18.0 Å². The standard InChI is InChI=1S/C16H22ClNO2/c1-13(19)15-7-6-14(12-16(15)17)20-11-5-10-18-8-3-2-4-9-18/h6-7,12H,2-5,8-11H2,1H3. The molecule has 0 atom stereocenters. The van der Waals surface area contributed by atoms with Gasteiger partial charge in [-0.05, 0) is 57.5 Å². The molecule has 1 aromatic carbocycles. The second-order valence-corrected chi connectivity index (χ2v) is 5.71. The lowest BCUT2D eigenvalue weighted by atomic mass is 10.1. The molecule has 0 N–H and O–H groups in total. The van der Waals surface area contributed by atoms with E-state index in [1.165, 1.54) is 39.3 Å². The van der Waals surface area contributed by atoms with E-state index in [0.717, 1.165) is 18.7 Å². The first-order valence-electron chi connectivity index (χ1n) is 7.32. The summed E-state index contributed by atoms with van der Waals surface area (Å²) < 4.78 is 5.69. The van der Waals surface area contributed by atoms with Crippen LogP contribution in [0.5, 0.6) is 5.75 Å². The molecule has 0 amide bonds. The number of nitrogens with zero attached hydrogens (tertiary/aromatic N) is 1. The van der Waals surface area contributed by atoms with Crippen LogP contribution in [0.1, 0.15) is 43.0 Å². The SMILES string of the molecule is CC(=O)c1ccc(OCCCN2CCCCC2)cc1Cl. The second kappa shape index (κ2) is 7.65. The van der Waals surface area contributed by atoms with Crippen molar-refractivity contribution in [1.82, 2.24) is 4.90 Å². The maximum Gasteiger partial charge on any atom is 0.161 e. The molecule has 20 heavy (non-hydrogen) atoms. The highest BCUT2D eigenvalue weighted by Crippen LogP contribution is 2.23. The third-order valence-corrected chi connectivity index (χ3v) is 3.97. The largest absolute Gasteiger partial charge is 0.493 e. The van der Waals surface area contributed by atoms with Gasteiger partial charge in [0.15, 0.2) is 5.78 Å². The smallest absolute Gasteiger partial charge is 0.161 e. The number of piperidine rings is 1. The molecule has 2 rings (SSSR count). The molecule has 3 nitrogen and oxygen atoms in total. The maximum absolute atomic E-state index is 11.3. The van der Waals surface area contributed by atoms with Gasteiger partial charge in [0.1, 0.15) is 5.75 Å². The van der Waals surface area contributed by atoms with Crippen LogP contribution in [0.4, 0.5) is 0 Å². The third kappa shape index (κ3) is 4.50. The van der Waals surface area contributed by atoms with Gasteiger partial charge in [0, 0.05) is 12.1 Å². The summed E-state index contributed by atoms with van der Waals surface area (Å²) in [6, 6.07) is 5.26. The minimum atomic E-state index is -0.0216. The van der Waals surface area contributed by atoms with Gasteiger partial charge < -0.3 is 9.64 Å². The van der Waals surface area contributed by atoms with E-state index in [4.69, 9.17) is 16.3 Å². The van der Waals surface area contributed by atoms with E-state index >= 15 is 0 Å². The summed E-state index contributed by atoms with van der Waals surface area (Å²) in [6.07, 6.45) is 5.03. The fourth-order valence-electron chi connectivity index (χ4n) is 2.53. The van der Waals surface area contributed by atoms with Crippen LogP contribution in [-0.4, -0.2) is 36.9 Å². The highest BCUT2D eigenvalue weighted by molar-refractivity contribution is 6.34. The number of carbonyl (C=O) groups is 1. The molecule has 0 bridgehead atoms. The van der Waals surface area contributed by atoms with Gasteiger partial charge in [-0.25, -0.2) is 0 Å². The summed E-state index contributed by atoms with van der Waals surface area (Å²) >= 11 is 6.05. The Morgan fingerprint density at radius 1 is 1.30 bits per heavy atom. The van der Waals surface area contributed by atoms with Gasteiger partial charge in [-0.3, -0.25) is 4.79 Å². The fraction of sp³-hybridized carbons (Fsp3) is 0.562. The zero-order valence-corrected chi connectivity index (χ0v) is 12.8. The Kier molecular flexibility index (Phi) is 5.86. The van der Waals surface area contributed by atoms with Crippen molar-refractivity contribution in [2.24, 2.45) is 0 Å². The number of hydrogen-bond acceptors (Lipinski definition) is 3. The van der Waals surface area contributed by atoms with E-state index in [0.29, 0.717) is 17.2 Å². The Morgan fingerprint density at radius 2 is 2.05 bits per heavy atom. The van der Waals surface area contributed by atoms with E-state index < -0.39 is 0 Å². The number of carbonyl (C=O) groups excluding carboxylic acids is 1. The zero-order valence-electron chi connectivity index (χ0n) is 12.0. The summed E-state index contributed by atoms with van der Waals surface area (Å²) in [7, 11) is 0. The molecule has 0 spiro atoms. The summed E-state index contributed by atoms with van der Waals surface area (Å²) in [5.74, 6) is 0.713. The molecule has 1 fully saturated rings. The number of Topliss-reactive ketones (excluding diaryl/α,β-unsaturated/α-hetero) is 1. The van der Waals surface area contributed by atoms with E-state index in [2.05, 4.69) is 4.90 Å². The van der Waals surface area contributed by atoms with Crippen LogP contribution in [0.3, 0.4) is 0 Å². The lowest BCUT2D eigenvalue weighted by molar-refractivity contribution is 0.101. The van der Waals surface area contributed by atoms with Crippen LogP contribution in [0, 0.1) is 0 Å². The topological polar surface area (TPSA) is 29.5 Å². The molecule has 0 aromatic heterocycles. The Hall–Kier alpha value is -1.06. The lowest BCUT2D eigenvalue weighted by Crippen LogP contribution is -2.31. The highest BCUT2D eigenvalue weighted by atomic mass is 35.5. The zero-order chi connectivity index (χ0) is 14.4. The first kappa shape index (κ1) is 15.3. The number of rotatable bonds is 6. The molecule has 0 radical (unpaired) electrons.